The Labute approximate surface area is 235 Å². The molecule has 0 aliphatic heterocycles. The van der Waals surface area contributed by atoms with E-state index in [0.717, 1.165) is 0 Å². The van der Waals surface area contributed by atoms with Crippen LogP contribution in [0.15, 0.2) is 36.7 Å². The van der Waals surface area contributed by atoms with Crippen molar-refractivity contribution in [3.05, 3.63) is 52.3 Å². The summed E-state index contributed by atoms with van der Waals surface area (Å²) in [7, 11) is 7.60. The monoisotopic (exact) mass is 575 g/mol. The lowest BCUT2D eigenvalue weighted by Crippen LogP contribution is -2.32. The quantitative estimate of drug-likeness (QED) is 0.345. The fourth-order valence-corrected chi connectivity index (χ4v) is 3.96. The van der Waals surface area contributed by atoms with E-state index in [9.17, 15) is 14.4 Å². The molecule has 0 aliphatic carbocycles. The molecule has 1 heterocycles. The van der Waals surface area contributed by atoms with Crippen molar-refractivity contribution in [1.29, 1.82) is 0 Å². The third-order valence-electron chi connectivity index (χ3n) is 5.35. The Morgan fingerprint density at radius 1 is 0.872 bits per heavy atom. The van der Waals surface area contributed by atoms with Crippen LogP contribution in [0.5, 0.6) is 11.5 Å². The van der Waals surface area contributed by atoms with Gasteiger partial charge in [0, 0.05) is 45.8 Å². The smallest absolute Gasteiger partial charge is 0.327 e. The molecule has 0 radical (unpaired) electrons. The third kappa shape index (κ3) is 6.78. The highest BCUT2D eigenvalue weighted by Gasteiger charge is 2.22. The minimum absolute atomic E-state index is 0.0942. The SMILES string of the molecule is COc1cc(OC)c(Cl)c(NC(=O)N(C)c2cc(Nc3ccc(C(=O)N(C)C)cc3NC(C)=O)ncn2)c1Cl. The van der Waals surface area contributed by atoms with Crippen LogP contribution in [-0.4, -0.2) is 68.1 Å². The molecule has 3 rings (SSSR count). The summed E-state index contributed by atoms with van der Waals surface area (Å²) in [4.78, 5) is 48.2. The Bertz CT molecular complexity index is 1390. The van der Waals surface area contributed by atoms with Crippen LogP contribution in [0.1, 0.15) is 17.3 Å². The summed E-state index contributed by atoms with van der Waals surface area (Å²) in [6, 6.07) is 7.23. The van der Waals surface area contributed by atoms with Crippen LogP contribution in [0.3, 0.4) is 0 Å². The molecule has 14 heteroatoms. The number of benzene rings is 2. The van der Waals surface area contributed by atoms with Crippen LogP contribution in [0.2, 0.25) is 10.0 Å². The third-order valence-corrected chi connectivity index (χ3v) is 6.10. The Morgan fingerprint density at radius 3 is 2.08 bits per heavy atom. The van der Waals surface area contributed by atoms with Gasteiger partial charge in [-0.3, -0.25) is 14.5 Å². The Morgan fingerprint density at radius 2 is 1.51 bits per heavy atom. The first-order valence-electron chi connectivity index (χ1n) is 11.3. The summed E-state index contributed by atoms with van der Waals surface area (Å²) in [6.45, 7) is 1.36. The molecule has 3 N–H and O–H groups in total. The summed E-state index contributed by atoms with van der Waals surface area (Å²) in [5, 5.41) is 8.62. The van der Waals surface area contributed by atoms with Gasteiger partial charge >= 0.3 is 6.03 Å². The topological polar surface area (TPSA) is 138 Å². The molecule has 206 valence electrons. The molecule has 0 aliphatic rings. The molecule has 0 fully saturated rings. The van der Waals surface area contributed by atoms with Crippen LogP contribution in [-0.2, 0) is 4.79 Å². The zero-order valence-corrected chi connectivity index (χ0v) is 23.6. The molecular weight excluding hydrogens is 549 g/mol. The van der Waals surface area contributed by atoms with Gasteiger partial charge in [0.25, 0.3) is 5.91 Å². The van der Waals surface area contributed by atoms with E-state index in [1.807, 2.05) is 0 Å². The predicted molar refractivity (Wildman–Crippen MR) is 151 cm³/mol. The van der Waals surface area contributed by atoms with E-state index in [2.05, 4.69) is 25.9 Å². The summed E-state index contributed by atoms with van der Waals surface area (Å²) < 4.78 is 10.5. The maximum Gasteiger partial charge on any atom is 0.327 e. The summed E-state index contributed by atoms with van der Waals surface area (Å²) in [5.74, 6) is 0.526. The van der Waals surface area contributed by atoms with Crippen molar-refractivity contribution in [2.45, 2.75) is 6.92 Å². The van der Waals surface area contributed by atoms with E-state index >= 15 is 0 Å². The number of ether oxygens (including phenoxy) is 2. The minimum Gasteiger partial charge on any atom is -0.495 e. The van der Waals surface area contributed by atoms with E-state index in [1.54, 1.807) is 32.3 Å². The molecule has 39 heavy (non-hydrogen) atoms. The van der Waals surface area contributed by atoms with Gasteiger partial charge in [0.15, 0.2) is 0 Å². The van der Waals surface area contributed by atoms with E-state index in [-0.39, 0.29) is 44.9 Å². The number of hydrogen-bond acceptors (Lipinski definition) is 8. The van der Waals surface area contributed by atoms with Crippen molar-refractivity contribution in [3.8, 4) is 11.5 Å². The molecule has 0 spiro atoms. The number of halogens is 2. The lowest BCUT2D eigenvalue weighted by atomic mass is 10.1. The highest BCUT2D eigenvalue weighted by Crippen LogP contribution is 2.44. The van der Waals surface area contributed by atoms with Crippen LogP contribution in [0.4, 0.5) is 33.5 Å². The number of nitrogens with one attached hydrogen (secondary N) is 3. The van der Waals surface area contributed by atoms with Crippen molar-refractivity contribution in [3.63, 3.8) is 0 Å². The van der Waals surface area contributed by atoms with Gasteiger partial charge < -0.3 is 30.3 Å². The molecular formula is C25H27Cl2N7O5. The largest absolute Gasteiger partial charge is 0.495 e. The molecule has 0 unspecified atom stereocenters. The molecule has 3 aromatic rings. The number of nitrogens with zero attached hydrogens (tertiary/aromatic N) is 4. The Kier molecular flexibility index (Phi) is 9.38. The van der Waals surface area contributed by atoms with Crippen molar-refractivity contribution >= 4 is 69.7 Å². The number of rotatable bonds is 8. The first kappa shape index (κ1) is 29.3. The van der Waals surface area contributed by atoms with Gasteiger partial charge in [0.2, 0.25) is 5.91 Å². The van der Waals surface area contributed by atoms with Crippen LogP contribution in [0.25, 0.3) is 0 Å². The number of aromatic nitrogens is 2. The molecule has 4 amide bonds. The van der Waals surface area contributed by atoms with Gasteiger partial charge in [0.1, 0.15) is 39.5 Å². The molecule has 0 saturated heterocycles. The van der Waals surface area contributed by atoms with Crippen LogP contribution < -0.4 is 30.3 Å². The second kappa shape index (κ2) is 12.5. The molecule has 0 saturated carbocycles. The number of methoxy groups -OCH3 is 2. The summed E-state index contributed by atoms with van der Waals surface area (Å²) in [6.07, 6.45) is 1.26. The molecule has 1 aromatic heterocycles. The number of anilines is 5. The number of urea groups is 1. The van der Waals surface area contributed by atoms with Crippen molar-refractivity contribution in [2.24, 2.45) is 0 Å². The molecule has 0 bridgehead atoms. The fraction of sp³-hybridized carbons (Fsp3) is 0.240. The van der Waals surface area contributed by atoms with E-state index in [1.165, 1.54) is 56.5 Å². The number of hydrogen-bond donors (Lipinski definition) is 3. The molecule has 0 atom stereocenters. The first-order valence-corrected chi connectivity index (χ1v) is 12.1. The zero-order chi connectivity index (χ0) is 28.9. The second-order valence-electron chi connectivity index (χ2n) is 8.30. The number of amides is 4. The lowest BCUT2D eigenvalue weighted by molar-refractivity contribution is -0.114. The second-order valence-corrected chi connectivity index (χ2v) is 9.06. The zero-order valence-electron chi connectivity index (χ0n) is 22.1. The van der Waals surface area contributed by atoms with Crippen molar-refractivity contribution < 1.29 is 23.9 Å². The predicted octanol–water partition coefficient (Wildman–Crippen LogP) is 4.87. The first-order chi connectivity index (χ1) is 18.5. The lowest BCUT2D eigenvalue weighted by Gasteiger charge is -2.20. The average molecular weight is 576 g/mol. The van der Waals surface area contributed by atoms with Gasteiger partial charge in [-0.15, -0.1) is 0 Å². The maximum absolute atomic E-state index is 13.1. The van der Waals surface area contributed by atoms with Gasteiger partial charge in [-0.1, -0.05) is 23.2 Å². The number of carbonyl (C=O) groups excluding carboxylic acids is 3. The average Bonchev–Trinajstić information content (AvgIpc) is 2.91. The molecule has 12 nitrogen and oxygen atoms in total. The number of carbonyl (C=O) groups is 3. The maximum atomic E-state index is 13.1. The summed E-state index contributed by atoms with van der Waals surface area (Å²) >= 11 is 12.7. The highest BCUT2D eigenvalue weighted by atomic mass is 35.5. The standard InChI is InChI=1S/C25H27Cl2N7O5/c1-13(35)30-16-9-14(24(36)33(2)3)7-8-15(16)31-19-11-20(29-12-28-19)34(4)25(37)32-23-21(26)17(38-5)10-18(39-6)22(23)27/h7-12H,1-6H3,(H,30,35)(H,32,37)(H,28,29,31). The molecule has 2 aromatic carbocycles. The fourth-order valence-electron chi connectivity index (χ4n) is 3.36. The Balaban J connectivity index is 1.87. The van der Waals surface area contributed by atoms with Gasteiger partial charge in [-0.2, -0.15) is 0 Å². The van der Waals surface area contributed by atoms with Crippen LogP contribution >= 0.6 is 23.2 Å². The summed E-state index contributed by atoms with van der Waals surface area (Å²) in [5.41, 5.74) is 1.34. The van der Waals surface area contributed by atoms with Crippen molar-refractivity contribution in [1.82, 2.24) is 14.9 Å². The van der Waals surface area contributed by atoms with E-state index in [0.29, 0.717) is 22.8 Å². The van der Waals surface area contributed by atoms with E-state index in [4.69, 9.17) is 32.7 Å². The van der Waals surface area contributed by atoms with E-state index < -0.39 is 6.03 Å². The van der Waals surface area contributed by atoms with Gasteiger partial charge in [0.05, 0.1) is 31.3 Å². The Hall–Kier alpha value is -4.29. The van der Waals surface area contributed by atoms with Crippen molar-refractivity contribution in [2.75, 3.05) is 56.2 Å². The highest BCUT2D eigenvalue weighted by molar-refractivity contribution is 6.41. The van der Waals surface area contributed by atoms with Gasteiger partial charge in [-0.05, 0) is 18.2 Å². The normalized spacial score (nSPS) is 10.4. The van der Waals surface area contributed by atoms with Gasteiger partial charge in [-0.25, -0.2) is 14.8 Å². The van der Waals surface area contributed by atoms with Crippen LogP contribution in [0, 0.1) is 0 Å². The minimum atomic E-state index is -0.607.